The van der Waals surface area contributed by atoms with Crippen molar-refractivity contribution in [2.45, 2.75) is 19.4 Å². The third kappa shape index (κ3) is 4.92. The number of rotatable bonds is 9. The topological polar surface area (TPSA) is 98.8 Å². The van der Waals surface area contributed by atoms with Crippen molar-refractivity contribution in [1.82, 2.24) is 19.5 Å². The van der Waals surface area contributed by atoms with Crippen LogP contribution in [0.15, 0.2) is 73.1 Å². The van der Waals surface area contributed by atoms with E-state index >= 15 is 0 Å². The van der Waals surface area contributed by atoms with Gasteiger partial charge >= 0.3 is 5.95 Å². The molecule has 0 aliphatic carbocycles. The first-order chi connectivity index (χ1) is 15.6. The zero-order valence-electron chi connectivity index (χ0n) is 17.2. The Hall–Kier alpha value is -3.78. The average molecular weight is 449 g/mol. The van der Waals surface area contributed by atoms with Crippen LogP contribution in [0.3, 0.4) is 0 Å². The summed E-state index contributed by atoms with van der Waals surface area (Å²) in [5.74, 6) is 1.06. The first kappa shape index (κ1) is 21.5. The lowest BCUT2D eigenvalue weighted by molar-refractivity contribution is -0.396. The number of imidazole rings is 1. The average Bonchev–Trinajstić information content (AvgIpc) is 3.29. The molecule has 1 N–H and O–H groups in total. The molecule has 0 fully saturated rings. The van der Waals surface area contributed by atoms with Crippen molar-refractivity contribution in [3.8, 4) is 22.5 Å². The molecule has 0 atom stereocenters. The predicted molar refractivity (Wildman–Crippen MR) is 125 cm³/mol. The molecule has 0 radical (unpaired) electrons. The zero-order valence-corrected chi connectivity index (χ0v) is 17.9. The molecule has 0 saturated heterocycles. The van der Waals surface area contributed by atoms with Gasteiger partial charge in [-0.1, -0.05) is 77.2 Å². The number of aryl methyl sites for hydroxylation is 1. The van der Waals surface area contributed by atoms with Gasteiger partial charge in [0.2, 0.25) is 0 Å². The quantitative estimate of drug-likeness (QED) is 0.158. The Morgan fingerprint density at radius 2 is 1.66 bits per heavy atom. The van der Waals surface area contributed by atoms with E-state index in [4.69, 9.17) is 16.6 Å². The van der Waals surface area contributed by atoms with Gasteiger partial charge in [-0.2, -0.15) is 0 Å². The maximum Gasteiger partial charge on any atom is 0.434 e. The van der Waals surface area contributed by atoms with Gasteiger partial charge in [-0.05, 0) is 23.3 Å². The molecule has 32 heavy (non-hydrogen) atoms. The van der Waals surface area contributed by atoms with E-state index in [1.165, 1.54) is 6.20 Å². The largest absolute Gasteiger partial charge is 0.434 e. The van der Waals surface area contributed by atoms with Crippen LogP contribution in [0.2, 0.25) is 5.15 Å². The summed E-state index contributed by atoms with van der Waals surface area (Å²) >= 11 is 6.61. The highest BCUT2D eigenvalue weighted by Crippen LogP contribution is 2.34. The third-order valence-electron chi connectivity index (χ3n) is 4.93. The molecule has 0 unspecified atom stereocenters. The summed E-state index contributed by atoms with van der Waals surface area (Å²) in [5.41, 5.74) is 2.55. The van der Waals surface area contributed by atoms with E-state index < -0.39 is 4.92 Å². The van der Waals surface area contributed by atoms with Crippen molar-refractivity contribution < 1.29 is 4.92 Å². The van der Waals surface area contributed by atoms with Gasteiger partial charge in [0.15, 0.2) is 5.82 Å². The number of hydrogen-bond donors (Lipinski definition) is 1. The number of nitro groups is 1. The molecule has 2 heterocycles. The van der Waals surface area contributed by atoms with Gasteiger partial charge in [0.25, 0.3) is 0 Å². The highest BCUT2D eigenvalue weighted by atomic mass is 35.5. The highest BCUT2D eigenvalue weighted by molar-refractivity contribution is 6.32. The lowest BCUT2D eigenvalue weighted by atomic mass is 10.1. The molecule has 8 nitrogen and oxygen atoms in total. The number of benzene rings is 2. The maximum atomic E-state index is 11.0. The third-order valence-corrected chi connectivity index (χ3v) is 5.21. The van der Waals surface area contributed by atoms with E-state index in [1.807, 2.05) is 60.7 Å². The molecule has 0 amide bonds. The second-order valence-corrected chi connectivity index (χ2v) is 7.46. The molecule has 0 aliphatic heterocycles. The monoisotopic (exact) mass is 448 g/mol. The van der Waals surface area contributed by atoms with E-state index in [0.717, 1.165) is 29.5 Å². The van der Waals surface area contributed by atoms with Crippen LogP contribution in [0.5, 0.6) is 0 Å². The van der Waals surface area contributed by atoms with Crippen molar-refractivity contribution in [2.75, 3.05) is 11.9 Å². The minimum atomic E-state index is -0.474. The minimum absolute atomic E-state index is 0.139. The minimum Gasteiger partial charge on any atom is -0.390 e. The van der Waals surface area contributed by atoms with Crippen molar-refractivity contribution in [2.24, 2.45) is 0 Å². The number of aromatic nitrogens is 4. The van der Waals surface area contributed by atoms with Crippen LogP contribution < -0.4 is 5.32 Å². The molecular formula is C23H21ClN6O2. The van der Waals surface area contributed by atoms with Crippen LogP contribution in [-0.2, 0) is 6.54 Å². The lowest BCUT2D eigenvalue weighted by Gasteiger charge is -2.14. The molecule has 0 saturated carbocycles. The van der Waals surface area contributed by atoms with Crippen molar-refractivity contribution in [1.29, 1.82) is 0 Å². The van der Waals surface area contributed by atoms with Crippen molar-refractivity contribution in [3.05, 3.63) is 88.3 Å². The molecule has 2 aromatic heterocycles. The van der Waals surface area contributed by atoms with E-state index in [2.05, 4.69) is 15.3 Å². The Labute approximate surface area is 190 Å². The van der Waals surface area contributed by atoms with Gasteiger partial charge in [-0.15, -0.1) is 0 Å². The van der Waals surface area contributed by atoms with Gasteiger partial charge in [0.05, 0.1) is 12.1 Å². The first-order valence-corrected chi connectivity index (χ1v) is 10.6. The Kier molecular flexibility index (Phi) is 6.72. The summed E-state index contributed by atoms with van der Waals surface area (Å²) in [6, 6.07) is 19.4. The highest BCUT2D eigenvalue weighted by Gasteiger charge is 2.16. The van der Waals surface area contributed by atoms with E-state index in [-0.39, 0.29) is 5.95 Å². The normalized spacial score (nSPS) is 10.8. The van der Waals surface area contributed by atoms with Crippen LogP contribution >= 0.6 is 11.6 Å². The molecule has 0 bridgehead atoms. The van der Waals surface area contributed by atoms with Crippen LogP contribution in [0.25, 0.3) is 22.5 Å². The second-order valence-electron chi connectivity index (χ2n) is 7.11. The summed E-state index contributed by atoms with van der Waals surface area (Å²) in [7, 11) is 0. The van der Waals surface area contributed by atoms with E-state index in [0.29, 0.717) is 29.9 Å². The second kappa shape index (κ2) is 10.0. The number of unbranched alkanes of at least 4 members (excludes halogenated alkanes) is 1. The van der Waals surface area contributed by atoms with Crippen LogP contribution in [-0.4, -0.2) is 31.0 Å². The molecule has 2 aromatic carbocycles. The van der Waals surface area contributed by atoms with E-state index in [9.17, 15) is 10.1 Å². The van der Waals surface area contributed by atoms with Crippen LogP contribution in [0, 0.1) is 10.1 Å². The van der Waals surface area contributed by atoms with Gasteiger partial charge < -0.3 is 15.4 Å². The summed E-state index contributed by atoms with van der Waals surface area (Å²) in [5, 5.41) is 14.8. The van der Waals surface area contributed by atoms with Crippen molar-refractivity contribution in [3.63, 3.8) is 0 Å². The van der Waals surface area contributed by atoms with Gasteiger partial charge in [0, 0.05) is 12.1 Å². The molecule has 9 heteroatoms. The standard InChI is InChI=1S/C23H21ClN6O2/c24-20-19(17-9-3-1-4-10-17)22(28-21(27-20)18-11-5-2-6-12-18)25-13-7-8-15-29-16-14-26-23(29)30(31)32/h1-6,9-12,14,16H,7-8,13,15H2,(H,25,27,28). The smallest absolute Gasteiger partial charge is 0.390 e. The van der Waals surface area contributed by atoms with E-state index in [1.54, 1.807) is 10.8 Å². The summed E-state index contributed by atoms with van der Waals surface area (Å²) < 4.78 is 1.55. The van der Waals surface area contributed by atoms with Gasteiger partial charge in [0.1, 0.15) is 23.4 Å². The number of nitrogens with one attached hydrogen (secondary N) is 1. The summed E-state index contributed by atoms with van der Waals surface area (Å²) in [6.45, 7) is 1.15. The predicted octanol–water partition coefficient (Wildman–Crippen LogP) is 5.46. The molecule has 162 valence electrons. The van der Waals surface area contributed by atoms with Gasteiger partial charge in [-0.25, -0.2) is 14.5 Å². The maximum absolute atomic E-state index is 11.0. The Balaban J connectivity index is 1.51. The van der Waals surface area contributed by atoms with Crippen LogP contribution in [0.4, 0.5) is 11.8 Å². The SMILES string of the molecule is O=[N+]([O-])c1nccn1CCCCNc1nc(-c2ccccc2)nc(Cl)c1-c1ccccc1. The Morgan fingerprint density at radius 3 is 2.34 bits per heavy atom. The fraction of sp³-hybridized carbons (Fsp3) is 0.174. The molecule has 0 spiro atoms. The first-order valence-electron chi connectivity index (χ1n) is 10.2. The Bertz CT molecular complexity index is 1200. The molecule has 4 rings (SSSR count). The van der Waals surface area contributed by atoms with Crippen LogP contribution in [0.1, 0.15) is 12.8 Å². The van der Waals surface area contributed by atoms with Crippen molar-refractivity contribution >= 4 is 23.4 Å². The number of nitrogens with zero attached hydrogens (tertiary/aromatic N) is 5. The lowest BCUT2D eigenvalue weighted by Crippen LogP contribution is -2.09. The number of hydrogen-bond acceptors (Lipinski definition) is 6. The molecule has 0 aliphatic rings. The summed E-state index contributed by atoms with van der Waals surface area (Å²) in [6.07, 6.45) is 4.59. The summed E-state index contributed by atoms with van der Waals surface area (Å²) in [4.78, 5) is 23.6. The number of halogens is 1. The molecule has 4 aromatic rings. The fourth-order valence-corrected chi connectivity index (χ4v) is 3.68. The zero-order chi connectivity index (χ0) is 22.3. The fourth-order valence-electron chi connectivity index (χ4n) is 3.40. The number of anilines is 1. The van der Waals surface area contributed by atoms with Gasteiger partial charge in [-0.3, -0.25) is 0 Å². The Morgan fingerprint density at radius 1 is 0.969 bits per heavy atom. The molecular weight excluding hydrogens is 428 g/mol.